The van der Waals surface area contributed by atoms with Crippen LogP contribution in [-0.4, -0.2) is 36.8 Å². The van der Waals surface area contributed by atoms with Gasteiger partial charge in [0.15, 0.2) is 0 Å². The SMILES string of the molecule is Cc1ccc(C)c(S(=O)(=O)NCCNC(=O)c2cccc(OCc3cn4cc(C)ccc4n3)c2)c1. The van der Waals surface area contributed by atoms with Gasteiger partial charge in [0.1, 0.15) is 18.0 Å². The molecule has 0 fully saturated rings. The van der Waals surface area contributed by atoms with E-state index in [1.807, 2.05) is 48.8 Å². The van der Waals surface area contributed by atoms with E-state index in [9.17, 15) is 13.2 Å². The number of sulfonamides is 1. The summed E-state index contributed by atoms with van der Waals surface area (Å²) in [6, 6.07) is 16.1. The average molecular weight is 493 g/mol. The van der Waals surface area contributed by atoms with E-state index in [1.165, 1.54) is 0 Å². The van der Waals surface area contributed by atoms with Gasteiger partial charge < -0.3 is 14.5 Å². The Hall–Kier alpha value is -3.69. The van der Waals surface area contributed by atoms with Crippen molar-refractivity contribution < 1.29 is 17.9 Å². The second-order valence-corrected chi connectivity index (χ2v) is 10.2. The molecular weight excluding hydrogens is 464 g/mol. The topological polar surface area (TPSA) is 102 Å². The van der Waals surface area contributed by atoms with Gasteiger partial charge in [-0.05, 0) is 67.8 Å². The van der Waals surface area contributed by atoms with Crippen LogP contribution in [0.5, 0.6) is 5.75 Å². The fourth-order valence-electron chi connectivity index (χ4n) is 3.65. The summed E-state index contributed by atoms with van der Waals surface area (Å²) in [5.41, 5.74) is 4.71. The van der Waals surface area contributed by atoms with Gasteiger partial charge in [-0.1, -0.05) is 24.3 Å². The lowest BCUT2D eigenvalue weighted by Gasteiger charge is -2.11. The van der Waals surface area contributed by atoms with E-state index in [-0.39, 0.29) is 30.5 Å². The average Bonchev–Trinajstić information content (AvgIpc) is 3.24. The highest BCUT2D eigenvalue weighted by Crippen LogP contribution is 2.17. The fourth-order valence-corrected chi connectivity index (χ4v) is 5.01. The lowest BCUT2D eigenvalue weighted by molar-refractivity contribution is 0.0954. The van der Waals surface area contributed by atoms with Gasteiger partial charge in [-0.3, -0.25) is 4.79 Å². The molecule has 4 rings (SSSR count). The molecule has 4 aromatic rings. The van der Waals surface area contributed by atoms with Gasteiger partial charge in [-0.15, -0.1) is 0 Å². The Morgan fingerprint density at radius 1 is 0.971 bits per heavy atom. The van der Waals surface area contributed by atoms with Crippen LogP contribution in [-0.2, 0) is 16.6 Å². The fraction of sp³-hybridized carbons (Fsp3) is 0.231. The lowest BCUT2D eigenvalue weighted by atomic mass is 10.2. The number of imidazole rings is 1. The van der Waals surface area contributed by atoms with Gasteiger partial charge in [-0.2, -0.15) is 0 Å². The van der Waals surface area contributed by atoms with Gasteiger partial charge in [0, 0.05) is 31.0 Å². The van der Waals surface area contributed by atoms with Crippen LogP contribution in [0.3, 0.4) is 0 Å². The Bertz CT molecular complexity index is 1480. The number of hydrogen-bond donors (Lipinski definition) is 2. The molecule has 182 valence electrons. The van der Waals surface area contributed by atoms with Gasteiger partial charge in [-0.25, -0.2) is 18.1 Å². The number of aromatic nitrogens is 2. The first-order valence-electron chi connectivity index (χ1n) is 11.2. The van der Waals surface area contributed by atoms with Crippen LogP contribution >= 0.6 is 0 Å². The normalized spacial score (nSPS) is 11.5. The molecule has 8 nitrogen and oxygen atoms in total. The summed E-state index contributed by atoms with van der Waals surface area (Å²) in [6.07, 6.45) is 3.91. The molecule has 0 unspecified atom stereocenters. The zero-order valence-corrected chi connectivity index (χ0v) is 20.7. The number of aryl methyl sites for hydroxylation is 3. The summed E-state index contributed by atoms with van der Waals surface area (Å²) in [5, 5.41) is 2.74. The van der Waals surface area contributed by atoms with E-state index in [1.54, 1.807) is 43.3 Å². The summed E-state index contributed by atoms with van der Waals surface area (Å²) < 4.78 is 35.5. The Balaban J connectivity index is 1.30. The molecule has 0 spiro atoms. The molecule has 9 heteroatoms. The van der Waals surface area contributed by atoms with Gasteiger partial charge >= 0.3 is 0 Å². The predicted octanol–water partition coefficient (Wildman–Crippen LogP) is 3.55. The Morgan fingerprint density at radius 2 is 1.77 bits per heavy atom. The quantitative estimate of drug-likeness (QED) is 0.348. The van der Waals surface area contributed by atoms with Crippen molar-refractivity contribution in [3.63, 3.8) is 0 Å². The molecule has 0 saturated carbocycles. The standard InChI is InChI=1S/C26H28N4O4S/c1-18-7-9-20(3)24(13-18)35(32,33)28-12-11-27-26(31)21-5-4-6-23(14-21)34-17-22-16-30-15-19(2)8-10-25(30)29-22/h4-10,13-16,28H,11-12,17H2,1-3H3,(H,27,31). The van der Waals surface area contributed by atoms with Crippen molar-refractivity contribution in [1.82, 2.24) is 19.4 Å². The summed E-state index contributed by atoms with van der Waals surface area (Å²) >= 11 is 0. The van der Waals surface area contributed by atoms with E-state index in [2.05, 4.69) is 15.0 Å². The van der Waals surface area contributed by atoms with E-state index in [0.717, 1.165) is 22.5 Å². The monoisotopic (exact) mass is 492 g/mol. The first kappa shape index (κ1) is 24.4. The molecule has 35 heavy (non-hydrogen) atoms. The second-order valence-electron chi connectivity index (χ2n) is 8.44. The number of ether oxygens (including phenoxy) is 1. The van der Waals surface area contributed by atoms with E-state index in [4.69, 9.17) is 4.74 Å². The maximum Gasteiger partial charge on any atom is 0.251 e. The van der Waals surface area contributed by atoms with Crippen LogP contribution in [0, 0.1) is 20.8 Å². The number of pyridine rings is 1. The number of fused-ring (bicyclic) bond motifs is 1. The number of nitrogens with zero attached hydrogens (tertiary/aromatic N) is 2. The molecule has 2 N–H and O–H groups in total. The van der Waals surface area contributed by atoms with Crippen LogP contribution in [0.1, 0.15) is 32.7 Å². The summed E-state index contributed by atoms with van der Waals surface area (Å²) in [7, 11) is -3.66. The molecule has 0 aliphatic carbocycles. The summed E-state index contributed by atoms with van der Waals surface area (Å²) in [5.74, 6) is 0.228. The summed E-state index contributed by atoms with van der Waals surface area (Å²) in [6.45, 7) is 6.10. The van der Waals surface area contributed by atoms with Crippen LogP contribution in [0.15, 0.2) is 71.9 Å². The number of benzene rings is 2. The molecule has 1 amide bonds. The predicted molar refractivity (Wildman–Crippen MR) is 134 cm³/mol. The molecule has 0 bridgehead atoms. The molecular formula is C26H28N4O4S. The number of carbonyl (C=O) groups is 1. The van der Waals surface area contributed by atoms with Gasteiger partial charge in [0.05, 0.1) is 10.6 Å². The Kier molecular flexibility index (Phi) is 7.18. The molecule has 2 aromatic heterocycles. The molecule has 0 aliphatic rings. The maximum absolute atomic E-state index is 12.6. The number of carbonyl (C=O) groups excluding carboxylic acids is 1. The van der Waals surface area contributed by atoms with Crippen molar-refractivity contribution in [2.75, 3.05) is 13.1 Å². The highest BCUT2D eigenvalue weighted by molar-refractivity contribution is 7.89. The lowest BCUT2D eigenvalue weighted by Crippen LogP contribution is -2.35. The zero-order chi connectivity index (χ0) is 25.0. The van der Waals surface area contributed by atoms with Crippen molar-refractivity contribution in [3.8, 4) is 5.75 Å². The zero-order valence-electron chi connectivity index (χ0n) is 19.9. The number of hydrogen-bond acceptors (Lipinski definition) is 5. The molecule has 0 radical (unpaired) electrons. The molecule has 2 heterocycles. The minimum atomic E-state index is -3.66. The maximum atomic E-state index is 12.6. The van der Waals surface area contributed by atoms with Crippen molar-refractivity contribution in [2.45, 2.75) is 32.3 Å². The van der Waals surface area contributed by atoms with Gasteiger partial charge in [0.25, 0.3) is 5.91 Å². The molecule has 0 aliphatic heterocycles. The Morgan fingerprint density at radius 3 is 2.60 bits per heavy atom. The second kappa shape index (κ2) is 10.3. The molecule has 0 saturated heterocycles. The van der Waals surface area contributed by atoms with Crippen LogP contribution in [0.2, 0.25) is 0 Å². The van der Waals surface area contributed by atoms with E-state index in [0.29, 0.717) is 16.9 Å². The van der Waals surface area contributed by atoms with Crippen molar-refractivity contribution >= 4 is 21.6 Å². The molecule has 2 aromatic carbocycles. The van der Waals surface area contributed by atoms with E-state index < -0.39 is 10.0 Å². The number of nitrogens with one attached hydrogen (secondary N) is 2. The van der Waals surface area contributed by atoms with Crippen LogP contribution < -0.4 is 14.8 Å². The third kappa shape index (κ3) is 6.06. The third-order valence-electron chi connectivity index (χ3n) is 5.47. The minimum Gasteiger partial charge on any atom is -0.487 e. The highest BCUT2D eigenvalue weighted by Gasteiger charge is 2.16. The minimum absolute atomic E-state index is 0.0744. The largest absolute Gasteiger partial charge is 0.487 e. The van der Waals surface area contributed by atoms with Crippen molar-refractivity contribution in [2.24, 2.45) is 0 Å². The van der Waals surface area contributed by atoms with Crippen LogP contribution in [0.25, 0.3) is 5.65 Å². The van der Waals surface area contributed by atoms with Crippen LogP contribution in [0.4, 0.5) is 0 Å². The first-order valence-corrected chi connectivity index (χ1v) is 12.7. The summed E-state index contributed by atoms with van der Waals surface area (Å²) in [4.78, 5) is 17.3. The van der Waals surface area contributed by atoms with Crippen molar-refractivity contribution in [1.29, 1.82) is 0 Å². The number of amides is 1. The highest BCUT2D eigenvalue weighted by atomic mass is 32.2. The smallest absolute Gasteiger partial charge is 0.251 e. The van der Waals surface area contributed by atoms with Gasteiger partial charge in [0.2, 0.25) is 10.0 Å². The first-order chi connectivity index (χ1) is 16.7. The number of rotatable bonds is 9. The van der Waals surface area contributed by atoms with Crippen molar-refractivity contribution in [3.05, 3.63) is 94.9 Å². The van der Waals surface area contributed by atoms with E-state index >= 15 is 0 Å². The third-order valence-corrected chi connectivity index (χ3v) is 7.07. The molecule has 0 atom stereocenters. The Labute approximate surface area is 205 Å².